The smallest absolute Gasteiger partial charge is 0.408 e. The molecule has 184 valence electrons. The lowest BCUT2D eigenvalue weighted by Gasteiger charge is -2.33. The SMILES string of the molecule is CC(C)(C)N(Cc1cccc(Oc2cccc(NCc3ccc(-c4ccccc4)cc3)c2)c1)C(=O)O. The van der Waals surface area contributed by atoms with Crippen molar-refractivity contribution in [2.24, 2.45) is 0 Å². The van der Waals surface area contributed by atoms with Gasteiger partial charge in [0, 0.05) is 30.4 Å². The maximum Gasteiger partial charge on any atom is 0.408 e. The number of hydrogen-bond acceptors (Lipinski definition) is 3. The standard InChI is InChI=1S/C31H32N2O3/c1-31(2,3)33(30(34)35)22-24-9-7-13-28(19-24)36-29-14-8-12-27(20-29)32-21-23-15-17-26(18-16-23)25-10-5-4-6-11-25/h4-20,32H,21-22H2,1-3H3,(H,34,35). The zero-order valence-corrected chi connectivity index (χ0v) is 20.9. The fourth-order valence-electron chi connectivity index (χ4n) is 3.94. The molecule has 0 bridgehead atoms. The minimum atomic E-state index is -0.942. The zero-order chi connectivity index (χ0) is 25.5. The topological polar surface area (TPSA) is 61.8 Å². The van der Waals surface area contributed by atoms with Gasteiger partial charge in [-0.3, -0.25) is 4.90 Å². The number of nitrogens with one attached hydrogen (secondary N) is 1. The second-order valence-corrected chi connectivity index (χ2v) is 9.73. The number of hydrogen-bond donors (Lipinski definition) is 2. The van der Waals surface area contributed by atoms with Crippen molar-refractivity contribution in [3.05, 3.63) is 114 Å². The molecule has 0 heterocycles. The Hall–Kier alpha value is -4.25. The third-order valence-corrected chi connectivity index (χ3v) is 5.91. The lowest BCUT2D eigenvalue weighted by Crippen LogP contribution is -2.44. The normalized spacial score (nSPS) is 11.1. The van der Waals surface area contributed by atoms with Crippen LogP contribution in [0.15, 0.2) is 103 Å². The molecule has 4 aromatic carbocycles. The fourth-order valence-corrected chi connectivity index (χ4v) is 3.94. The van der Waals surface area contributed by atoms with Crippen LogP contribution in [0.1, 0.15) is 31.9 Å². The molecule has 0 radical (unpaired) electrons. The van der Waals surface area contributed by atoms with Gasteiger partial charge >= 0.3 is 6.09 Å². The van der Waals surface area contributed by atoms with Gasteiger partial charge in [0.25, 0.3) is 0 Å². The first-order valence-corrected chi connectivity index (χ1v) is 12.0. The minimum absolute atomic E-state index is 0.292. The fraction of sp³-hybridized carbons (Fsp3) is 0.194. The first-order chi connectivity index (χ1) is 17.3. The van der Waals surface area contributed by atoms with Gasteiger partial charge in [0.2, 0.25) is 0 Å². The molecular weight excluding hydrogens is 448 g/mol. The van der Waals surface area contributed by atoms with Crippen molar-refractivity contribution < 1.29 is 14.6 Å². The predicted molar refractivity (Wildman–Crippen MR) is 145 cm³/mol. The summed E-state index contributed by atoms with van der Waals surface area (Å²) in [6.07, 6.45) is -0.942. The number of amides is 1. The van der Waals surface area contributed by atoms with E-state index in [0.717, 1.165) is 11.3 Å². The highest BCUT2D eigenvalue weighted by atomic mass is 16.5. The van der Waals surface area contributed by atoms with Crippen LogP contribution in [0, 0.1) is 0 Å². The quantitative estimate of drug-likeness (QED) is 0.268. The molecular formula is C31H32N2O3. The van der Waals surface area contributed by atoms with E-state index in [1.807, 2.05) is 87.5 Å². The number of benzene rings is 4. The van der Waals surface area contributed by atoms with Crippen molar-refractivity contribution in [2.75, 3.05) is 5.32 Å². The van der Waals surface area contributed by atoms with E-state index in [2.05, 4.69) is 41.7 Å². The molecule has 0 aliphatic heterocycles. The van der Waals surface area contributed by atoms with E-state index in [4.69, 9.17) is 4.74 Å². The Morgan fingerprint density at radius 1 is 0.778 bits per heavy atom. The third kappa shape index (κ3) is 6.66. The number of carboxylic acid groups (broad SMARTS) is 1. The summed E-state index contributed by atoms with van der Waals surface area (Å²) in [6.45, 7) is 6.65. The molecule has 0 saturated heterocycles. The number of ether oxygens (including phenoxy) is 1. The molecule has 5 heteroatoms. The summed E-state index contributed by atoms with van der Waals surface area (Å²) in [5, 5.41) is 13.1. The molecule has 0 atom stereocenters. The average molecular weight is 481 g/mol. The molecule has 0 saturated carbocycles. The summed E-state index contributed by atoms with van der Waals surface area (Å²) in [7, 11) is 0. The highest BCUT2D eigenvalue weighted by molar-refractivity contribution is 5.66. The van der Waals surface area contributed by atoms with E-state index in [-0.39, 0.29) is 0 Å². The number of carbonyl (C=O) groups is 1. The Kier molecular flexibility index (Phi) is 7.59. The number of nitrogens with zero attached hydrogens (tertiary/aromatic N) is 1. The third-order valence-electron chi connectivity index (χ3n) is 5.91. The summed E-state index contributed by atoms with van der Waals surface area (Å²) in [5.41, 5.74) is 4.94. The Labute approximate surface area is 213 Å². The second-order valence-electron chi connectivity index (χ2n) is 9.73. The monoisotopic (exact) mass is 480 g/mol. The molecule has 0 aromatic heterocycles. The van der Waals surface area contributed by atoms with E-state index in [1.165, 1.54) is 21.6 Å². The molecule has 0 aliphatic rings. The lowest BCUT2D eigenvalue weighted by atomic mass is 10.0. The van der Waals surface area contributed by atoms with E-state index in [1.54, 1.807) is 0 Å². The average Bonchev–Trinajstić information content (AvgIpc) is 2.86. The maximum atomic E-state index is 11.7. The van der Waals surface area contributed by atoms with Crippen molar-refractivity contribution >= 4 is 11.8 Å². The van der Waals surface area contributed by atoms with Gasteiger partial charge in [-0.05, 0) is 67.3 Å². The highest BCUT2D eigenvalue weighted by Crippen LogP contribution is 2.27. The van der Waals surface area contributed by atoms with Crippen LogP contribution in [0.25, 0.3) is 11.1 Å². The molecule has 1 amide bonds. The zero-order valence-electron chi connectivity index (χ0n) is 20.9. The predicted octanol–water partition coefficient (Wildman–Crippen LogP) is 8.04. The van der Waals surface area contributed by atoms with Gasteiger partial charge in [-0.1, -0.05) is 72.8 Å². The summed E-state index contributed by atoms with van der Waals surface area (Å²) in [6, 6.07) is 34.3. The summed E-state index contributed by atoms with van der Waals surface area (Å²) >= 11 is 0. The van der Waals surface area contributed by atoms with Gasteiger partial charge in [-0.25, -0.2) is 4.79 Å². The molecule has 36 heavy (non-hydrogen) atoms. The van der Waals surface area contributed by atoms with Crippen LogP contribution in [-0.4, -0.2) is 21.6 Å². The van der Waals surface area contributed by atoms with Crippen molar-refractivity contribution in [2.45, 2.75) is 39.4 Å². The Balaban J connectivity index is 1.38. The highest BCUT2D eigenvalue weighted by Gasteiger charge is 2.26. The van der Waals surface area contributed by atoms with E-state index < -0.39 is 11.6 Å². The van der Waals surface area contributed by atoms with Crippen molar-refractivity contribution in [1.82, 2.24) is 4.90 Å². The van der Waals surface area contributed by atoms with Crippen LogP contribution in [0.5, 0.6) is 11.5 Å². The van der Waals surface area contributed by atoms with Gasteiger partial charge in [0.15, 0.2) is 0 Å². The van der Waals surface area contributed by atoms with Crippen LogP contribution in [-0.2, 0) is 13.1 Å². The van der Waals surface area contributed by atoms with E-state index >= 15 is 0 Å². The molecule has 0 unspecified atom stereocenters. The first-order valence-electron chi connectivity index (χ1n) is 12.0. The van der Waals surface area contributed by atoms with E-state index in [0.29, 0.717) is 24.6 Å². The van der Waals surface area contributed by atoms with Gasteiger partial charge in [-0.15, -0.1) is 0 Å². The van der Waals surface area contributed by atoms with Crippen LogP contribution < -0.4 is 10.1 Å². The van der Waals surface area contributed by atoms with Crippen LogP contribution in [0.3, 0.4) is 0 Å². The van der Waals surface area contributed by atoms with E-state index in [9.17, 15) is 9.90 Å². The number of anilines is 1. The summed E-state index contributed by atoms with van der Waals surface area (Å²) in [5.74, 6) is 1.38. The van der Waals surface area contributed by atoms with Crippen molar-refractivity contribution in [1.29, 1.82) is 0 Å². The minimum Gasteiger partial charge on any atom is -0.465 e. The number of rotatable bonds is 8. The van der Waals surface area contributed by atoms with Gasteiger partial charge in [0.1, 0.15) is 11.5 Å². The maximum absolute atomic E-state index is 11.7. The second kappa shape index (κ2) is 11.0. The summed E-state index contributed by atoms with van der Waals surface area (Å²) < 4.78 is 6.10. The Morgan fingerprint density at radius 3 is 2.08 bits per heavy atom. The van der Waals surface area contributed by atoms with Gasteiger partial charge in [0.05, 0.1) is 0 Å². The molecule has 0 spiro atoms. The van der Waals surface area contributed by atoms with Crippen LogP contribution in [0.2, 0.25) is 0 Å². The Bertz CT molecular complexity index is 1300. The van der Waals surface area contributed by atoms with Crippen molar-refractivity contribution in [3.8, 4) is 22.6 Å². The lowest BCUT2D eigenvalue weighted by molar-refractivity contribution is 0.0955. The molecule has 0 aliphatic carbocycles. The van der Waals surface area contributed by atoms with Gasteiger partial charge in [-0.2, -0.15) is 0 Å². The first kappa shape index (κ1) is 24.9. The molecule has 0 fully saturated rings. The Morgan fingerprint density at radius 2 is 1.42 bits per heavy atom. The summed E-state index contributed by atoms with van der Waals surface area (Å²) in [4.78, 5) is 13.1. The molecule has 4 rings (SSSR count). The van der Waals surface area contributed by atoms with Crippen molar-refractivity contribution in [3.63, 3.8) is 0 Å². The largest absolute Gasteiger partial charge is 0.465 e. The molecule has 4 aromatic rings. The molecule has 2 N–H and O–H groups in total. The van der Waals surface area contributed by atoms with Crippen LogP contribution >= 0.6 is 0 Å². The van der Waals surface area contributed by atoms with Gasteiger partial charge < -0.3 is 15.2 Å². The molecule has 5 nitrogen and oxygen atoms in total. The van der Waals surface area contributed by atoms with Crippen LogP contribution in [0.4, 0.5) is 10.5 Å².